The molecule has 0 aliphatic carbocycles. The van der Waals surface area contributed by atoms with Crippen molar-refractivity contribution in [3.63, 3.8) is 0 Å². The lowest BCUT2D eigenvalue weighted by molar-refractivity contribution is -0.161. The molecule has 0 heterocycles. The van der Waals surface area contributed by atoms with Crippen LogP contribution in [0.1, 0.15) is 136 Å². The molecule has 0 fully saturated rings. The lowest BCUT2D eigenvalue weighted by Crippen LogP contribution is -2.29. The van der Waals surface area contributed by atoms with Gasteiger partial charge in [-0.15, -0.1) is 0 Å². The molecule has 1 atom stereocenters. The summed E-state index contributed by atoms with van der Waals surface area (Å²) in [5.74, 6) is -0.959. The fourth-order valence-corrected chi connectivity index (χ4v) is 4.68. The molecule has 0 aromatic heterocycles. The summed E-state index contributed by atoms with van der Waals surface area (Å²) in [5.41, 5.74) is 0. The van der Waals surface area contributed by atoms with Crippen molar-refractivity contribution in [3.05, 3.63) is 72.9 Å². The first-order chi connectivity index (χ1) is 22.8. The second-order valence-corrected chi connectivity index (χ2v) is 12.7. The lowest BCUT2D eigenvalue weighted by Gasteiger charge is -2.18. The third-order valence-electron chi connectivity index (χ3n) is 6.96. The average Bonchev–Trinajstić information content (AvgIpc) is 3.03. The molecule has 0 amide bonds. The number of unbranched alkanes of at least 4 members (excludes halogenated alkanes) is 9. The minimum Gasteiger partial charge on any atom is -0.462 e. The number of rotatable bonds is 31. The van der Waals surface area contributed by atoms with E-state index >= 15 is 0 Å². The Labute approximate surface area is 285 Å². The number of allylic oxidation sites excluding steroid dienone is 12. The van der Waals surface area contributed by atoms with E-state index in [0.29, 0.717) is 12.8 Å². The molecule has 0 spiro atoms. The molecule has 0 aliphatic rings. The van der Waals surface area contributed by atoms with Gasteiger partial charge in [-0.2, -0.15) is 0 Å². The maximum Gasteiger partial charge on any atom is 0.469 e. The highest BCUT2D eigenvalue weighted by atomic mass is 31.2. The third kappa shape index (κ3) is 36.2. The van der Waals surface area contributed by atoms with E-state index in [9.17, 15) is 14.2 Å². The van der Waals surface area contributed by atoms with Gasteiger partial charge >= 0.3 is 19.8 Å². The summed E-state index contributed by atoms with van der Waals surface area (Å²) in [6, 6.07) is 0. The van der Waals surface area contributed by atoms with E-state index < -0.39 is 32.5 Å². The largest absolute Gasteiger partial charge is 0.469 e. The quantitative estimate of drug-likeness (QED) is 0.0322. The number of phosphoric ester groups is 1. The maximum atomic E-state index is 12.3. The van der Waals surface area contributed by atoms with Crippen LogP contribution in [0, 0.1) is 0 Å². The normalized spacial score (nSPS) is 13.4. The van der Waals surface area contributed by atoms with Gasteiger partial charge in [-0.25, -0.2) is 4.57 Å². The first-order valence-electron chi connectivity index (χ1n) is 17.7. The Bertz CT molecular complexity index is 990. The summed E-state index contributed by atoms with van der Waals surface area (Å²) in [5, 5.41) is 0. The van der Waals surface area contributed by atoms with Gasteiger partial charge in [-0.1, -0.05) is 119 Å². The first kappa shape index (κ1) is 44.5. The van der Waals surface area contributed by atoms with Gasteiger partial charge in [0.2, 0.25) is 0 Å². The minimum absolute atomic E-state index is 0.182. The van der Waals surface area contributed by atoms with Gasteiger partial charge in [-0.3, -0.25) is 14.1 Å². The fraction of sp³-hybridized carbons (Fsp3) is 0.632. The molecule has 268 valence electrons. The van der Waals surface area contributed by atoms with Crippen LogP contribution < -0.4 is 0 Å². The van der Waals surface area contributed by atoms with Crippen LogP contribution in [0.2, 0.25) is 0 Å². The van der Waals surface area contributed by atoms with E-state index in [1.54, 1.807) is 0 Å². The van der Waals surface area contributed by atoms with Crippen molar-refractivity contribution in [3.8, 4) is 0 Å². The topological polar surface area (TPSA) is 119 Å². The van der Waals surface area contributed by atoms with Crippen molar-refractivity contribution < 1.29 is 37.9 Å². The lowest BCUT2D eigenvalue weighted by atomic mass is 10.1. The first-order valence-corrected chi connectivity index (χ1v) is 19.3. The van der Waals surface area contributed by atoms with E-state index in [1.165, 1.54) is 12.8 Å². The number of phosphoric acid groups is 1. The number of ether oxygens (including phenoxy) is 2. The Kier molecular flexibility index (Phi) is 31.6. The van der Waals surface area contributed by atoms with Gasteiger partial charge in [0.1, 0.15) is 6.61 Å². The van der Waals surface area contributed by atoms with Crippen LogP contribution in [0.3, 0.4) is 0 Å². The fourth-order valence-electron chi connectivity index (χ4n) is 4.32. The van der Waals surface area contributed by atoms with Crippen molar-refractivity contribution in [1.29, 1.82) is 0 Å². The number of hydrogen-bond donors (Lipinski definition) is 2. The molecule has 0 aromatic carbocycles. The summed E-state index contributed by atoms with van der Waals surface area (Å²) >= 11 is 0. The Morgan fingerprint density at radius 1 is 0.574 bits per heavy atom. The van der Waals surface area contributed by atoms with Gasteiger partial charge in [0.15, 0.2) is 6.10 Å². The van der Waals surface area contributed by atoms with Crippen molar-refractivity contribution in [2.75, 3.05) is 13.2 Å². The van der Waals surface area contributed by atoms with E-state index in [0.717, 1.165) is 83.5 Å². The number of hydrogen-bond acceptors (Lipinski definition) is 6. The molecule has 47 heavy (non-hydrogen) atoms. The summed E-state index contributed by atoms with van der Waals surface area (Å²) in [6.45, 7) is 3.45. The zero-order chi connectivity index (χ0) is 34.7. The molecule has 2 N–H and O–H groups in total. The Hall–Kier alpha value is -2.51. The van der Waals surface area contributed by atoms with Gasteiger partial charge in [-0.05, 0) is 77.0 Å². The van der Waals surface area contributed by atoms with Crippen molar-refractivity contribution in [2.45, 2.75) is 142 Å². The van der Waals surface area contributed by atoms with Gasteiger partial charge in [0.05, 0.1) is 6.61 Å². The predicted molar refractivity (Wildman–Crippen MR) is 193 cm³/mol. The van der Waals surface area contributed by atoms with Crippen LogP contribution in [-0.2, 0) is 28.2 Å². The zero-order valence-corrected chi connectivity index (χ0v) is 30.0. The average molecular weight is 679 g/mol. The smallest absolute Gasteiger partial charge is 0.462 e. The van der Waals surface area contributed by atoms with Crippen molar-refractivity contribution in [2.24, 2.45) is 0 Å². The minimum atomic E-state index is -4.76. The SMILES string of the molecule is CC/C=C/C/C=C/C/C=C/C/C=C/CCCCC(=O)OC[C@H](COP(=O)(O)O)OC(=O)CCCCCCC/C=C/C/C=C/CCCC. The molecule has 0 rings (SSSR count). The number of esters is 2. The van der Waals surface area contributed by atoms with Crippen LogP contribution in [0.25, 0.3) is 0 Å². The Balaban J connectivity index is 4.12. The maximum absolute atomic E-state index is 12.3. The van der Waals surface area contributed by atoms with Crippen LogP contribution in [0.4, 0.5) is 0 Å². The highest BCUT2D eigenvalue weighted by molar-refractivity contribution is 7.46. The third-order valence-corrected chi connectivity index (χ3v) is 7.44. The molecule has 9 heteroatoms. The van der Waals surface area contributed by atoms with Crippen LogP contribution in [0.15, 0.2) is 72.9 Å². The molecule has 0 bridgehead atoms. The highest BCUT2D eigenvalue weighted by Gasteiger charge is 2.22. The van der Waals surface area contributed by atoms with E-state index in [-0.39, 0.29) is 19.4 Å². The second-order valence-electron chi connectivity index (χ2n) is 11.5. The summed E-state index contributed by atoms with van der Waals surface area (Å²) in [4.78, 5) is 42.6. The number of carbonyl (C=O) groups is 2. The predicted octanol–water partition coefficient (Wildman–Crippen LogP) is 10.3. The molecule has 0 saturated heterocycles. The van der Waals surface area contributed by atoms with Crippen LogP contribution in [-0.4, -0.2) is 41.0 Å². The molecular weight excluding hydrogens is 615 g/mol. The molecule has 0 radical (unpaired) electrons. The monoisotopic (exact) mass is 678 g/mol. The van der Waals surface area contributed by atoms with E-state index in [1.807, 2.05) is 0 Å². The van der Waals surface area contributed by atoms with Gasteiger partial charge in [0.25, 0.3) is 0 Å². The summed E-state index contributed by atoms with van der Waals surface area (Å²) < 4.78 is 26.2. The van der Waals surface area contributed by atoms with Crippen molar-refractivity contribution in [1.82, 2.24) is 0 Å². The van der Waals surface area contributed by atoms with Crippen molar-refractivity contribution >= 4 is 19.8 Å². The molecule has 0 unspecified atom stereocenters. The van der Waals surface area contributed by atoms with Gasteiger partial charge < -0.3 is 19.3 Å². The van der Waals surface area contributed by atoms with Crippen LogP contribution >= 0.6 is 7.82 Å². The standard InChI is InChI=1S/C38H63O8P/c1-3-5-7-9-11-13-15-17-19-21-22-24-26-28-30-32-37(39)44-34-36(35-45-47(41,42)43)46-38(40)33-31-29-27-25-23-20-18-16-14-12-10-8-6-4-2/h5,7,10-13,16-19,22,24,36H,3-4,6,8-9,14-15,20-21,23,25-35H2,1-2H3,(H2,41,42,43)/b7-5+,12-10+,13-11+,18-16+,19-17+,24-22+/t36-/m1/s1. The summed E-state index contributed by atoms with van der Waals surface area (Å²) in [6.07, 6.45) is 41.9. The Morgan fingerprint density at radius 3 is 1.57 bits per heavy atom. The molecular formula is C38H63O8P. The molecule has 0 aromatic rings. The highest BCUT2D eigenvalue weighted by Crippen LogP contribution is 2.35. The number of carbonyl (C=O) groups excluding carboxylic acids is 2. The summed E-state index contributed by atoms with van der Waals surface area (Å²) in [7, 11) is -4.76. The van der Waals surface area contributed by atoms with E-state index in [4.69, 9.17) is 19.3 Å². The Morgan fingerprint density at radius 2 is 1.02 bits per heavy atom. The molecule has 0 saturated carbocycles. The molecule has 0 aliphatic heterocycles. The van der Waals surface area contributed by atoms with E-state index in [2.05, 4.69) is 91.3 Å². The van der Waals surface area contributed by atoms with Crippen LogP contribution in [0.5, 0.6) is 0 Å². The second kappa shape index (κ2) is 33.4. The zero-order valence-electron chi connectivity index (χ0n) is 29.1. The van der Waals surface area contributed by atoms with Gasteiger partial charge in [0, 0.05) is 12.8 Å². The molecule has 8 nitrogen and oxygen atoms in total.